The first-order chi connectivity index (χ1) is 14.3. The molecule has 0 aliphatic heterocycles. The molecule has 0 bridgehead atoms. The first kappa shape index (κ1) is 19.6. The highest BCUT2D eigenvalue weighted by molar-refractivity contribution is 6.24. The van der Waals surface area contributed by atoms with Gasteiger partial charge in [0.15, 0.2) is 5.78 Å². The molecule has 0 unspecified atom stereocenters. The molecule has 0 saturated heterocycles. The summed E-state index contributed by atoms with van der Waals surface area (Å²) in [4.78, 5) is 24.7. The third kappa shape index (κ3) is 4.00. The minimum Gasteiger partial charge on any atom is -0.376 e. The molecule has 6 nitrogen and oxygen atoms in total. The van der Waals surface area contributed by atoms with E-state index in [1.54, 1.807) is 30.5 Å². The average Bonchev–Trinajstić information content (AvgIpc) is 3.17. The summed E-state index contributed by atoms with van der Waals surface area (Å²) in [5, 5.41) is 10.8. The molecule has 0 radical (unpaired) electrons. The van der Waals surface area contributed by atoms with Crippen LogP contribution >= 0.6 is 0 Å². The van der Waals surface area contributed by atoms with Crippen molar-refractivity contribution in [3.8, 4) is 0 Å². The zero-order valence-corrected chi connectivity index (χ0v) is 15.5. The number of nitrogens with one attached hydrogen (secondary N) is 1. The van der Waals surface area contributed by atoms with Crippen LogP contribution in [0.2, 0.25) is 0 Å². The molecule has 1 heterocycles. The Labute approximate surface area is 169 Å². The van der Waals surface area contributed by atoms with Gasteiger partial charge in [-0.25, -0.2) is 4.68 Å². The molecule has 0 spiro atoms. The number of fused-ring (bicyclic) bond motifs is 1. The predicted octanol–water partition coefficient (Wildman–Crippen LogP) is 3.40. The largest absolute Gasteiger partial charge is 0.416 e. The van der Waals surface area contributed by atoms with Crippen molar-refractivity contribution in [2.45, 2.75) is 19.3 Å². The molecule has 3 aromatic rings. The molecule has 1 aromatic heterocycles. The van der Waals surface area contributed by atoms with E-state index in [-0.39, 0.29) is 30.4 Å². The minimum absolute atomic E-state index is 0.167. The topological polar surface area (TPSA) is 76.9 Å². The number of halogens is 3. The second-order valence-electron chi connectivity index (χ2n) is 6.75. The smallest absolute Gasteiger partial charge is 0.376 e. The van der Waals surface area contributed by atoms with Crippen LogP contribution in [0.1, 0.15) is 37.5 Å². The Balaban J connectivity index is 1.40. The maximum Gasteiger partial charge on any atom is 0.416 e. The highest BCUT2D eigenvalue weighted by atomic mass is 19.4. The number of alkyl halides is 3. The lowest BCUT2D eigenvalue weighted by Gasteiger charge is -2.15. The van der Waals surface area contributed by atoms with Gasteiger partial charge < -0.3 is 5.32 Å². The normalized spacial score (nSPS) is 13.8. The Morgan fingerprint density at radius 1 is 0.967 bits per heavy atom. The van der Waals surface area contributed by atoms with Gasteiger partial charge in [0.05, 0.1) is 30.5 Å². The Morgan fingerprint density at radius 3 is 2.37 bits per heavy atom. The van der Waals surface area contributed by atoms with Crippen molar-refractivity contribution >= 4 is 11.6 Å². The third-order valence-corrected chi connectivity index (χ3v) is 4.63. The van der Waals surface area contributed by atoms with Crippen molar-refractivity contribution in [3.05, 3.63) is 94.4 Å². The molecule has 4 rings (SSSR count). The van der Waals surface area contributed by atoms with Crippen molar-refractivity contribution < 1.29 is 22.8 Å². The third-order valence-electron chi connectivity index (χ3n) is 4.63. The Bertz CT molecular complexity index is 1150. The number of benzene rings is 2. The maximum absolute atomic E-state index is 12.6. The molecule has 0 fully saturated rings. The van der Waals surface area contributed by atoms with Crippen LogP contribution in [-0.4, -0.2) is 26.6 Å². The fourth-order valence-corrected chi connectivity index (χ4v) is 3.12. The van der Waals surface area contributed by atoms with Crippen LogP contribution in [0.3, 0.4) is 0 Å². The van der Waals surface area contributed by atoms with Crippen molar-refractivity contribution in [1.82, 2.24) is 20.3 Å². The highest BCUT2D eigenvalue weighted by Gasteiger charge is 2.30. The number of allylic oxidation sites excluding steroid dienone is 2. The molecular weight excluding hydrogens is 397 g/mol. The summed E-state index contributed by atoms with van der Waals surface area (Å²) in [7, 11) is 0. The average molecular weight is 412 g/mol. The number of rotatable bonds is 5. The van der Waals surface area contributed by atoms with Gasteiger partial charge in [0.2, 0.25) is 5.78 Å². The molecule has 2 aromatic carbocycles. The summed E-state index contributed by atoms with van der Waals surface area (Å²) in [6.45, 7) is 0.415. The van der Waals surface area contributed by atoms with Crippen molar-refractivity contribution in [2.24, 2.45) is 0 Å². The van der Waals surface area contributed by atoms with Crippen LogP contribution in [0.4, 0.5) is 13.2 Å². The lowest BCUT2D eigenvalue weighted by atomic mass is 9.93. The van der Waals surface area contributed by atoms with Crippen LogP contribution in [0, 0.1) is 0 Å². The van der Waals surface area contributed by atoms with Crippen molar-refractivity contribution in [1.29, 1.82) is 0 Å². The van der Waals surface area contributed by atoms with Crippen LogP contribution in [0.5, 0.6) is 0 Å². The lowest BCUT2D eigenvalue weighted by Crippen LogP contribution is -2.26. The fraction of sp³-hybridized carbons (Fsp3) is 0.143. The number of aromatic nitrogens is 3. The Morgan fingerprint density at radius 2 is 1.67 bits per heavy atom. The molecule has 1 N–H and O–H groups in total. The second-order valence-corrected chi connectivity index (χ2v) is 6.75. The zero-order chi connectivity index (χ0) is 21.3. The number of nitrogens with zero attached hydrogens (tertiary/aromatic N) is 3. The van der Waals surface area contributed by atoms with E-state index < -0.39 is 11.7 Å². The standard InChI is InChI=1S/C21H15F3N4O2/c22-21(23,24)14-7-5-13(6-8-14)11-28-12-15(26-27-28)10-25-18-9-19(29)16-3-1-2-4-17(16)20(18)30/h1-9,12,25H,10-11H2. The van der Waals surface area contributed by atoms with E-state index in [0.29, 0.717) is 22.4 Å². The number of carbonyl (C=O) groups is 2. The maximum atomic E-state index is 12.6. The van der Waals surface area contributed by atoms with E-state index in [0.717, 1.165) is 12.1 Å². The van der Waals surface area contributed by atoms with E-state index >= 15 is 0 Å². The van der Waals surface area contributed by atoms with E-state index in [9.17, 15) is 22.8 Å². The van der Waals surface area contributed by atoms with Gasteiger partial charge in [0.25, 0.3) is 0 Å². The lowest BCUT2D eigenvalue weighted by molar-refractivity contribution is -0.137. The molecule has 30 heavy (non-hydrogen) atoms. The van der Waals surface area contributed by atoms with Gasteiger partial charge in [-0.2, -0.15) is 13.2 Å². The first-order valence-corrected chi connectivity index (χ1v) is 9.00. The van der Waals surface area contributed by atoms with E-state index in [2.05, 4.69) is 15.6 Å². The van der Waals surface area contributed by atoms with E-state index in [1.807, 2.05) is 0 Å². The van der Waals surface area contributed by atoms with Gasteiger partial charge in [-0.3, -0.25) is 9.59 Å². The number of Topliss-reactive ketones (excluding diaryl/α,β-unsaturated/α-hetero) is 1. The van der Waals surface area contributed by atoms with Crippen molar-refractivity contribution in [3.63, 3.8) is 0 Å². The van der Waals surface area contributed by atoms with Gasteiger partial charge in [-0.15, -0.1) is 5.10 Å². The SMILES string of the molecule is O=C1C=C(NCc2cn(Cc3ccc(C(F)(F)F)cc3)nn2)C(=O)c2ccccc21. The van der Waals surface area contributed by atoms with Gasteiger partial charge in [0, 0.05) is 17.2 Å². The minimum atomic E-state index is -4.38. The second kappa shape index (κ2) is 7.58. The summed E-state index contributed by atoms with van der Waals surface area (Å²) < 4.78 is 39.4. The molecule has 1 aliphatic carbocycles. The van der Waals surface area contributed by atoms with Crippen LogP contribution in [-0.2, 0) is 19.3 Å². The Kier molecular flexibility index (Phi) is 4.94. The summed E-state index contributed by atoms with van der Waals surface area (Å²) in [6, 6.07) is 11.4. The quantitative estimate of drug-likeness (QED) is 0.695. The van der Waals surface area contributed by atoms with Crippen LogP contribution < -0.4 is 5.32 Å². The predicted molar refractivity (Wildman–Crippen MR) is 101 cm³/mol. The number of ketones is 2. The molecule has 9 heteroatoms. The first-order valence-electron chi connectivity index (χ1n) is 9.00. The van der Waals surface area contributed by atoms with Gasteiger partial charge >= 0.3 is 6.18 Å². The molecule has 1 aliphatic rings. The van der Waals surface area contributed by atoms with Gasteiger partial charge in [-0.05, 0) is 17.7 Å². The van der Waals surface area contributed by atoms with Gasteiger partial charge in [-0.1, -0.05) is 41.6 Å². The summed E-state index contributed by atoms with van der Waals surface area (Å²) in [6.07, 6.45) is -1.50. The summed E-state index contributed by atoms with van der Waals surface area (Å²) in [5.74, 6) is -0.527. The highest BCUT2D eigenvalue weighted by Crippen LogP contribution is 2.29. The number of hydrogen-bond acceptors (Lipinski definition) is 5. The molecule has 0 saturated carbocycles. The number of carbonyl (C=O) groups excluding carboxylic acids is 2. The van der Waals surface area contributed by atoms with Crippen LogP contribution in [0.15, 0.2) is 66.5 Å². The fourth-order valence-electron chi connectivity index (χ4n) is 3.12. The molecule has 0 atom stereocenters. The number of hydrogen-bond donors (Lipinski definition) is 1. The molecule has 0 amide bonds. The Hall–Kier alpha value is -3.75. The summed E-state index contributed by atoms with van der Waals surface area (Å²) >= 11 is 0. The van der Waals surface area contributed by atoms with Crippen LogP contribution in [0.25, 0.3) is 0 Å². The monoisotopic (exact) mass is 412 g/mol. The zero-order valence-electron chi connectivity index (χ0n) is 15.5. The van der Waals surface area contributed by atoms with Crippen molar-refractivity contribution in [2.75, 3.05) is 0 Å². The van der Waals surface area contributed by atoms with Gasteiger partial charge in [0.1, 0.15) is 5.69 Å². The van der Waals surface area contributed by atoms with E-state index in [4.69, 9.17) is 0 Å². The summed E-state index contributed by atoms with van der Waals surface area (Å²) in [5.41, 5.74) is 1.34. The van der Waals surface area contributed by atoms with E-state index in [1.165, 1.54) is 22.9 Å². The molecular formula is C21H15F3N4O2. The molecule has 152 valence electrons.